The van der Waals surface area contributed by atoms with Crippen LogP contribution in [0.15, 0.2) is 49.5 Å². The van der Waals surface area contributed by atoms with Crippen LogP contribution < -0.4 is 16.0 Å². The molecule has 0 radical (unpaired) electrons. The van der Waals surface area contributed by atoms with Gasteiger partial charge in [-0.05, 0) is 31.2 Å². The van der Waals surface area contributed by atoms with Crippen molar-refractivity contribution in [3.8, 4) is 11.4 Å². The molecule has 0 saturated carbocycles. The molecule has 0 spiro atoms. The van der Waals surface area contributed by atoms with E-state index in [1.54, 1.807) is 0 Å². The Kier molecular flexibility index (Phi) is 5.00. The average molecular weight is 409 g/mol. The monoisotopic (exact) mass is 409 g/mol. The van der Waals surface area contributed by atoms with Crippen molar-refractivity contribution in [2.24, 2.45) is 14.1 Å². The van der Waals surface area contributed by atoms with E-state index >= 15 is 0 Å². The Balaban J connectivity index is 1.89. The van der Waals surface area contributed by atoms with Crippen LogP contribution in [0.1, 0.15) is 18.9 Å². The van der Waals surface area contributed by atoms with E-state index in [1.807, 2.05) is 0 Å². The van der Waals surface area contributed by atoms with Gasteiger partial charge in [0.1, 0.15) is 5.82 Å². The smallest absolute Gasteiger partial charge is 0.330 e. The maximum atomic E-state index is 13.0. The Labute approximate surface area is 158 Å². The molecule has 0 fully saturated rings. The highest BCUT2D eigenvalue weighted by atomic mass is 32.2. The molecule has 0 aliphatic heterocycles. The van der Waals surface area contributed by atoms with E-state index in [1.165, 1.54) is 45.3 Å². The maximum Gasteiger partial charge on any atom is 0.330 e. The molecule has 2 aromatic heterocycles. The van der Waals surface area contributed by atoms with Crippen LogP contribution in [0.5, 0.6) is 0 Å². The standard InChI is InChI=1S/C16H16FN5O5S/c1-9(14-18-13(19-27-14)10-4-6-11(17)7-5-10)20-28(25,26)12-8-21(2)16(24)22(3)15(12)23/h4-9,20H,1-3H3. The van der Waals surface area contributed by atoms with E-state index in [4.69, 9.17) is 4.52 Å². The lowest BCUT2D eigenvalue weighted by atomic mass is 10.2. The van der Waals surface area contributed by atoms with Gasteiger partial charge in [-0.25, -0.2) is 17.6 Å². The summed E-state index contributed by atoms with van der Waals surface area (Å²) in [5.74, 6) is -0.323. The highest BCUT2D eigenvalue weighted by molar-refractivity contribution is 7.89. The molecule has 0 aliphatic rings. The Morgan fingerprint density at radius 3 is 2.46 bits per heavy atom. The van der Waals surface area contributed by atoms with Crippen molar-refractivity contribution in [1.29, 1.82) is 0 Å². The number of nitrogens with zero attached hydrogens (tertiary/aromatic N) is 4. The van der Waals surface area contributed by atoms with E-state index < -0.39 is 38.0 Å². The first kappa shape index (κ1) is 19.6. The summed E-state index contributed by atoms with van der Waals surface area (Å²) >= 11 is 0. The van der Waals surface area contributed by atoms with Gasteiger partial charge in [-0.3, -0.25) is 9.36 Å². The minimum absolute atomic E-state index is 0.0513. The summed E-state index contributed by atoms with van der Waals surface area (Å²) in [5.41, 5.74) is -1.13. The topological polar surface area (TPSA) is 129 Å². The summed E-state index contributed by atoms with van der Waals surface area (Å²) in [5, 5.41) is 3.74. The van der Waals surface area contributed by atoms with Gasteiger partial charge in [0.15, 0.2) is 4.90 Å². The number of halogens is 1. The Bertz CT molecular complexity index is 1240. The minimum Gasteiger partial charge on any atom is -0.337 e. The molecule has 1 unspecified atom stereocenters. The third-order valence-electron chi connectivity index (χ3n) is 3.95. The van der Waals surface area contributed by atoms with Crippen LogP contribution in [0.4, 0.5) is 4.39 Å². The lowest BCUT2D eigenvalue weighted by Gasteiger charge is -2.11. The molecule has 0 bridgehead atoms. The summed E-state index contributed by atoms with van der Waals surface area (Å²) in [6.45, 7) is 1.45. The van der Waals surface area contributed by atoms with Gasteiger partial charge < -0.3 is 9.09 Å². The molecule has 1 aromatic carbocycles. The Morgan fingerprint density at radius 2 is 1.82 bits per heavy atom. The summed E-state index contributed by atoms with van der Waals surface area (Å²) in [4.78, 5) is 27.4. The number of aromatic nitrogens is 4. The molecule has 0 saturated heterocycles. The largest absolute Gasteiger partial charge is 0.337 e. The van der Waals surface area contributed by atoms with Gasteiger partial charge in [0.05, 0.1) is 6.04 Å². The van der Waals surface area contributed by atoms with Gasteiger partial charge in [-0.15, -0.1) is 0 Å². The van der Waals surface area contributed by atoms with Gasteiger partial charge in [0, 0.05) is 25.9 Å². The van der Waals surface area contributed by atoms with Crippen LogP contribution >= 0.6 is 0 Å². The predicted molar refractivity (Wildman–Crippen MR) is 95.4 cm³/mol. The molecule has 3 rings (SSSR count). The van der Waals surface area contributed by atoms with Crippen molar-refractivity contribution >= 4 is 10.0 Å². The highest BCUT2D eigenvalue weighted by Gasteiger charge is 2.26. The van der Waals surface area contributed by atoms with Gasteiger partial charge >= 0.3 is 5.69 Å². The summed E-state index contributed by atoms with van der Waals surface area (Å²) in [6.07, 6.45) is 0.942. The molecule has 0 aliphatic carbocycles. The summed E-state index contributed by atoms with van der Waals surface area (Å²) in [7, 11) is -1.77. The first-order chi connectivity index (χ1) is 13.1. The second-order valence-corrected chi connectivity index (χ2v) is 7.74. The number of sulfonamides is 1. The van der Waals surface area contributed by atoms with Crippen LogP contribution in [0, 0.1) is 5.82 Å². The van der Waals surface area contributed by atoms with E-state index in [2.05, 4.69) is 14.9 Å². The first-order valence-corrected chi connectivity index (χ1v) is 9.47. The fourth-order valence-electron chi connectivity index (χ4n) is 2.43. The average Bonchev–Trinajstić information content (AvgIpc) is 3.13. The van der Waals surface area contributed by atoms with E-state index in [-0.39, 0.29) is 11.7 Å². The normalized spacial score (nSPS) is 12.9. The first-order valence-electron chi connectivity index (χ1n) is 7.98. The lowest BCUT2D eigenvalue weighted by molar-refractivity contribution is 0.353. The second-order valence-electron chi connectivity index (χ2n) is 6.06. The van der Waals surface area contributed by atoms with Crippen LogP contribution in [-0.2, 0) is 24.1 Å². The van der Waals surface area contributed by atoms with Crippen molar-refractivity contribution in [3.63, 3.8) is 0 Å². The number of benzene rings is 1. The zero-order chi connectivity index (χ0) is 20.6. The quantitative estimate of drug-likeness (QED) is 0.642. The molecule has 148 valence electrons. The highest BCUT2D eigenvalue weighted by Crippen LogP contribution is 2.20. The molecule has 3 aromatic rings. The van der Waals surface area contributed by atoms with Gasteiger partial charge in [-0.1, -0.05) is 5.16 Å². The van der Waals surface area contributed by atoms with Gasteiger partial charge in [0.25, 0.3) is 5.56 Å². The molecular weight excluding hydrogens is 393 g/mol. The van der Waals surface area contributed by atoms with E-state index in [9.17, 15) is 22.4 Å². The zero-order valence-electron chi connectivity index (χ0n) is 15.1. The molecule has 28 heavy (non-hydrogen) atoms. The third-order valence-corrected chi connectivity index (χ3v) is 5.47. The van der Waals surface area contributed by atoms with Crippen molar-refractivity contribution in [2.75, 3.05) is 0 Å². The Morgan fingerprint density at radius 1 is 1.18 bits per heavy atom. The number of hydrogen-bond donors (Lipinski definition) is 1. The van der Waals surface area contributed by atoms with Gasteiger partial charge in [-0.2, -0.15) is 9.71 Å². The number of hydrogen-bond acceptors (Lipinski definition) is 7. The molecular formula is C16H16FN5O5S. The van der Waals surface area contributed by atoms with Crippen molar-refractivity contribution < 1.29 is 17.3 Å². The van der Waals surface area contributed by atoms with Crippen LogP contribution in [0.3, 0.4) is 0 Å². The molecule has 12 heteroatoms. The zero-order valence-corrected chi connectivity index (χ0v) is 15.9. The third kappa shape index (κ3) is 3.64. The molecule has 2 heterocycles. The maximum absolute atomic E-state index is 13.0. The fourth-order valence-corrected chi connectivity index (χ4v) is 3.79. The van der Waals surface area contributed by atoms with Gasteiger partial charge in [0.2, 0.25) is 21.7 Å². The Hall–Kier alpha value is -3.12. The van der Waals surface area contributed by atoms with Crippen LogP contribution in [0.25, 0.3) is 11.4 Å². The summed E-state index contributed by atoms with van der Waals surface area (Å²) in [6, 6.07) is 4.40. The van der Waals surface area contributed by atoms with Crippen LogP contribution in [-0.4, -0.2) is 27.7 Å². The summed E-state index contributed by atoms with van der Waals surface area (Å²) < 4.78 is 47.2. The molecule has 1 N–H and O–H groups in total. The number of rotatable bonds is 5. The van der Waals surface area contributed by atoms with Crippen LogP contribution in [0.2, 0.25) is 0 Å². The van der Waals surface area contributed by atoms with Crippen molar-refractivity contribution in [3.05, 3.63) is 63.0 Å². The van der Waals surface area contributed by atoms with Crippen molar-refractivity contribution in [1.82, 2.24) is 24.0 Å². The molecule has 0 amide bonds. The SMILES string of the molecule is CC(NS(=O)(=O)c1cn(C)c(=O)n(C)c1=O)c1nc(-c2ccc(F)cc2)no1. The molecule has 10 nitrogen and oxygen atoms in total. The number of aryl methyl sites for hydroxylation is 1. The second kappa shape index (κ2) is 7.13. The lowest BCUT2D eigenvalue weighted by Crippen LogP contribution is -2.41. The molecule has 1 atom stereocenters. The predicted octanol–water partition coefficient (Wildman–Crippen LogP) is 0.313. The fraction of sp³-hybridized carbons (Fsp3) is 0.250. The van der Waals surface area contributed by atoms with E-state index in [0.29, 0.717) is 10.1 Å². The minimum atomic E-state index is -4.28. The van der Waals surface area contributed by atoms with Crippen molar-refractivity contribution in [2.45, 2.75) is 17.9 Å². The van der Waals surface area contributed by atoms with E-state index in [0.717, 1.165) is 10.8 Å². The number of nitrogens with one attached hydrogen (secondary N) is 1.